The summed E-state index contributed by atoms with van der Waals surface area (Å²) in [6.07, 6.45) is 10.9. The van der Waals surface area contributed by atoms with Crippen molar-refractivity contribution in [3.8, 4) is 5.69 Å². The number of carbonyl (C=O) groups is 1. The fourth-order valence-corrected chi connectivity index (χ4v) is 3.76. The van der Waals surface area contributed by atoms with Crippen LogP contribution in [0.15, 0.2) is 30.6 Å². The van der Waals surface area contributed by atoms with Crippen LogP contribution >= 0.6 is 0 Å². The smallest absolute Gasteiger partial charge is 0.358 e. The van der Waals surface area contributed by atoms with Crippen LogP contribution in [0.4, 0.5) is 0 Å². The number of aryl methyl sites for hydroxylation is 1. The first-order valence-corrected chi connectivity index (χ1v) is 8.84. The molecule has 0 saturated carbocycles. The molecule has 0 bridgehead atoms. The number of rotatable bonds is 3. The van der Waals surface area contributed by atoms with Crippen molar-refractivity contribution < 1.29 is 9.53 Å². The number of esters is 1. The van der Waals surface area contributed by atoms with E-state index < -0.39 is 0 Å². The average Bonchev–Trinajstić information content (AvgIpc) is 3.07. The van der Waals surface area contributed by atoms with Gasteiger partial charge in [-0.15, -0.1) is 0 Å². The standard InChI is InChI=1S/C20H22N2O2/c1-2-24-20(23)19-18-11-9-16-12-15(14-6-4-3-5-7-14)8-10-17(16)22(18)13-21-19/h6,8,10,12-13H,2-5,7,9,11H2,1H3. The molecule has 4 heteroatoms. The SMILES string of the molecule is CCOC(=O)c1ncn2c1CCc1cc(C3=CCCCC3)ccc1-2. The van der Waals surface area contributed by atoms with Gasteiger partial charge in [-0.2, -0.15) is 0 Å². The number of imidazole rings is 1. The van der Waals surface area contributed by atoms with Crippen molar-refractivity contribution in [3.05, 3.63) is 53.1 Å². The van der Waals surface area contributed by atoms with Crippen molar-refractivity contribution in [1.82, 2.24) is 9.55 Å². The lowest BCUT2D eigenvalue weighted by molar-refractivity contribution is 0.0518. The molecule has 4 rings (SSSR count). The number of fused-ring (bicyclic) bond motifs is 3. The molecule has 0 N–H and O–H groups in total. The number of ether oxygens (including phenoxy) is 1. The van der Waals surface area contributed by atoms with E-state index in [0.717, 1.165) is 24.2 Å². The van der Waals surface area contributed by atoms with E-state index in [1.165, 1.54) is 42.4 Å². The number of hydrogen-bond donors (Lipinski definition) is 0. The van der Waals surface area contributed by atoms with Crippen molar-refractivity contribution in [2.24, 2.45) is 0 Å². The van der Waals surface area contributed by atoms with Gasteiger partial charge in [0, 0.05) is 0 Å². The third-order valence-corrected chi connectivity index (χ3v) is 4.97. The van der Waals surface area contributed by atoms with E-state index in [9.17, 15) is 4.79 Å². The van der Waals surface area contributed by atoms with Gasteiger partial charge in [0.2, 0.25) is 0 Å². The Morgan fingerprint density at radius 3 is 2.96 bits per heavy atom. The van der Waals surface area contributed by atoms with Gasteiger partial charge in [-0.3, -0.25) is 0 Å². The summed E-state index contributed by atoms with van der Waals surface area (Å²) in [5, 5.41) is 0. The van der Waals surface area contributed by atoms with Crippen LogP contribution in [0.2, 0.25) is 0 Å². The van der Waals surface area contributed by atoms with Gasteiger partial charge >= 0.3 is 5.97 Å². The molecule has 0 amide bonds. The summed E-state index contributed by atoms with van der Waals surface area (Å²) in [5.41, 5.74) is 6.72. The summed E-state index contributed by atoms with van der Waals surface area (Å²) < 4.78 is 7.16. The van der Waals surface area contributed by atoms with Crippen LogP contribution in [0.5, 0.6) is 0 Å². The van der Waals surface area contributed by atoms with Gasteiger partial charge in [0.25, 0.3) is 0 Å². The summed E-state index contributed by atoms with van der Waals surface area (Å²) in [6, 6.07) is 6.69. The normalized spacial score (nSPS) is 16.1. The zero-order chi connectivity index (χ0) is 16.5. The minimum Gasteiger partial charge on any atom is -0.461 e. The van der Waals surface area contributed by atoms with Crippen molar-refractivity contribution in [3.63, 3.8) is 0 Å². The summed E-state index contributed by atoms with van der Waals surface area (Å²) >= 11 is 0. The minimum atomic E-state index is -0.321. The molecule has 4 nitrogen and oxygen atoms in total. The molecule has 1 aromatic heterocycles. The molecule has 24 heavy (non-hydrogen) atoms. The molecular weight excluding hydrogens is 300 g/mol. The van der Waals surface area contributed by atoms with Crippen LogP contribution in [-0.2, 0) is 17.6 Å². The predicted octanol–water partition coefficient (Wildman–Crippen LogP) is 4.11. The zero-order valence-electron chi connectivity index (χ0n) is 14.0. The fraction of sp³-hybridized carbons (Fsp3) is 0.400. The summed E-state index contributed by atoms with van der Waals surface area (Å²) in [7, 11) is 0. The molecule has 0 saturated heterocycles. The number of carbonyl (C=O) groups excluding carboxylic acids is 1. The molecule has 124 valence electrons. The van der Waals surface area contributed by atoms with E-state index >= 15 is 0 Å². The van der Waals surface area contributed by atoms with Crippen molar-refractivity contribution in [2.45, 2.75) is 45.4 Å². The molecule has 2 aromatic rings. The van der Waals surface area contributed by atoms with E-state index in [1.54, 1.807) is 6.33 Å². The largest absolute Gasteiger partial charge is 0.461 e. The van der Waals surface area contributed by atoms with Crippen molar-refractivity contribution >= 4 is 11.5 Å². The van der Waals surface area contributed by atoms with Crippen LogP contribution in [0, 0.1) is 0 Å². The van der Waals surface area contributed by atoms with Gasteiger partial charge in [0.1, 0.15) is 6.33 Å². The van der Waals surface area contributed by atoms with Gasteiger partial charge in [-0.05, 0) is 74.3 Å². The third-order valence-electron chi connectivity index (χ3n) is 4.97. The Balaban J connectivity index is 1.70. The van der Waals surface area contributed by atoms with E-state index in [2.05, 4.69) is 29.3 Å². The van der Waals surface area contributed by atoms with E-state index in [1.807, 2.05) is 11.5 Å². The van der Waals surface area contributed by atoms with Crippen LogP contribution in [0.25, 0.3) is 11.3 Å². The fourth-order valence-electron chi connectivity index (χ4n) is 3.76. The highest BCUT2D eigenvalue weighted by molar-refractivity contribution is 5.89. The summed E-state index contributed by atoms with van der Waals surface area (Å²) in [5.74, 6) is -0.321. The van der Waals surface area contributed by atoms with Gasteiger partial charge in [0.15, 0.2) is 5.69 Å². The highest BCUT2D eigenvalue weighted by atomic mass is 16.5. The number of hydrogen-bond acceptors (Lipinski definition) is 3. The first kappa shape index (κ1) is 15.2. The summed E-state index contributed by atoms with van der Waals surface area (Å²) in [4.78, 5) is 16.3. The molecule has 0 atom stereocenters. The number of benzene rings is 1. The maximum absolute atomic E-state index is 12.0. The van der Waals surface area contributed by atoms with E-state index in [-0.39, 0.29) is 5.97 Å². The van der Waals surface area contributed by atoms with Gasteiger partial charge in [-0.25, -0.2) is 9.78 Å². The Morgan fingerprint density at radius 1 is 1.25 bits per heavy atom. The number of aromatic nitrogens is 2. The van der Waals surface area contributed by atoms with Crippen LogP contribution in [0.1, 0.15) is 59.9 Å². The molecule has 0 unspecified atom stereocenters. The molecule has 1 aromatic carbocycles. The van der Waals surface area contributed by atoms with Crippen LogP contribution < -0.4 is 0 Å². The molecule has 0 radical (unpaired) electrons. The Labute approximate surface area is 142 Å². The molecule has 1 aliphatic heterocycles. The topological polar surface area (TPSA) is 44.1 Å². The number of allylic oxidation sites excluding steroid dienone is 2. The second kappa shape index (κ2) is 6.27. The first-order chi connectivity index (χ1) is 11.8. The van der Waals surface area contributed by atoms with Crippen molar-refractivity contribution in [2.75, 3.05) is 6.61 Å². The lowest BCUT2D eigenvalue weighted by Gasteiger charge is -2.21. The minimum absolute atomic E-state index is 0.321. The monoisotopic (exact) mass is 322 g/mol. The van der Waals surface area contributed by atoms with Crippen molar-refractivity contribution in [1.29, 1.82) is 0 Å². The highest BCUT2D eigenvalue weighted by Crippen LogP contribution is 2.32. The zero-order valence-corrected chi connectivity index (χ0v) is 14.0. The van der Waals surface area contributed by atoms with Gasteiger partial charge in [-0.1, -0.05) is 12.1 Å². The Bertz CT molecular complexity index is 817. The maximum atomic E-state index is 12.0. The molecular formula is C20H22N2O2. The second-order valence-electron chi connectivity index (χ2n) is 6.45. The highest BCUT2D eigenvalue weighted by Gasteiger charge is 2.24. The predicted molar refractivity (Wildman–Crippen MR) is 93.4 cm³/mol. The van der Waals surface area contributed by atoms with E-state index in [0.29, 0.717) is 12.3 Å². The molecule has 0 fully saturated rings. The second-order valence-corrected chi connectivity index (χ2v) is 6.45. The van der Waals surface area contributed by atoms with Crippen LogP contribution in [0.3, 0.4) is 0 Å². The Morgan fingerprint density at radius 2 is 2.17 bits per heavy atom. The lowest BCUT2D eigenvalue weighted by atomic mass is 9.90. The maximum Gasteiger partial charge on any atom is 0.358 e. The average molecular weight is 322 g/mol. The van der Waals surface area contributed by atoms with Crippen LogP contribution in [-0.4, -0.2) is 22.1 Å². The molecule has 0 spiro atoms. The summed E-state index contributed by atoms with van der Waals surface area (Å²) in [6.45, 7) is 2.19. The lowest BCUT2D eigenvalue weighted by Crippen LogP contribution is -2.15. The van der Waals surface area contributed by atoms with E-state index in [4.69, 9.17) is 4.74 Å². The van der Waals surface area contributed by atoms with Gasteiger partial charge < -0.3 is 9.30 Å². The molecule has 1 aliphatic carbocycles. The molecule has 2 aliphatic rings. The van der Waals surface area contributed by atoms with Gasteiger partial charge in [0.05, 0.1) is 18.0 Å². The first-order valence-electron chi connectivity index (χ1n) is 8.84. The Hall–Kier alpha value is -2.36. The quantitative estimate of drug-likeness (QED) is 0.799. The number of nitrogens with zero attached hydrogens (tertiary/aromatic N) is 2. The Kier molecular flexibility index (Phi) is 3.97. The third kappa shape index (κ3) is 2.56. The molecule has 2 heterocycles.